The van der Waals surface area contributed by atoms with Crippen molar-refractivity contribution in [2.45, 2.75) is 51.9 Å². The van der Waals surface area contributed by atoms with Gasteiger partial charge in [-0.05, 0) is 24.6 Å². The van der Waals surface area contributed by atoms with E-state index in [1.54, 1.807) is 18.2 Å². The number of hydrogen-bond donors (Lipinski definition) is 1. The van der Waals surface area contributed by atoms with Crippen molar-refractivity contribution in [2.24, 2.45) is 0 Å². The molecule has 0 atom stereocenters. The van der Waals surface area contributed by atoms with Crippen molar-refractivity contribution in [3.05, 3.63) is 28.2 Å². The summed E-state index contributed by atoms with van der Waals surface area (Å²) in [7, 11) is 0. The van der Waals surface area contributed by atoms with Gasteiger partial charge in [0, 0.05) is 4.47 Å². The Bertz CT molecular complexity index is 418. The van der Waals surface area contributed by atoms with E-state index in [9.17, 15) is 4.79 Å². The van der Waals surface area contributed by atoms with Crippen LogP contribution in [0.4, 0.5) is 0 Å². The number of hydrogen-bond acceptors (Lipinski definition) is 2. The predicted molar refractivity (Wildman–Crippen MR) is 84.6 cm³/mol. The van der Waals surface area contributed by atoms with Crippen LogP contribution in [-0.4, -0.2) is 17.7 Å². The quantitative estimate of drug-likeness (QED) is 0.588. The summed E-state index contributed by atoms with van der Waals surface area (Å²) in [5.74, 6) is -0.509. The smallest absolute Gasteiger partial charge is 0.339 e. The van der Waals surface area contributed by atoms with Gasteiger partial charge in [-0.1, -0.05) is 61.4 Å². The van der Waals surface area contributed by atoms with Crippen molar-refractivity contribution in [3.8, 4) is 5.75 Å². The highest BCUT2D eigenvalue weighted by atomic mass is 79.9. The second kappa shape index (κ2) is 9.81. The average Bonchev–Trinajstić information content (AvgIpc) is 2.41. The van der Waals surface area contributed by atoms with E-state index >= 15 is 0 Å². The van der Waals surface area contributed by atoms with Gasteiger partial charge >= 0.3 is 5.97 Å². The molecule has 20 heavy (non-hydrogen) atoms. The van der Waals surface area contributed by atoms with Gasteiger partial charge in [0.15, 0.2) is 0 Å². The molecule has 0 aliphatic heterocycles. The van der Waals surface area contributed by atoms with Crippen LogP contribution in [0.25, 0.3) is 0 Å². The van der Waals surface area contributed by atoms with E-state index in [2.05, 4.69) is 22.9 Å². The van der Waals surface area contributed by atoms with Crippen molar-refractivity contribution in [3.63, 3.8) is 0 Å². The molecule has 0 radical (unpaired) electrons. The first-order valence-electron chi connectivity index (χ1n) is 7.30. The van der Waals surface area contributed by atoms with Gasteiger partial charge in [-0.2, -0.15) is 0 Å². The van der Waals surface area contributed by atoms with E-state index in [0.29, 0.717) is 12.4 Å². The number of rotatable bonds is 10. The molecule has 0 amide bonds. The van der Waals surface area contributed by atoms with Crippen molar-refractivity contribution in [1.82, 2.24) is 0 Å². The third-order valence-corrected chi connectivity index (χ3v) is 3.67. The van der Waals surface area contributed by atoms with E-state index in [-0.39, 0.29) is 5.56 Å². The zero-order valence-corrected chi connectivity index (χ0v) is 13.6. The minimum atomic E-state index is -0.952. The molecule has 4 heteroatoms. The molecule has 0 aromatic heterocycles. The molecule has 0 bridgehead atoms. The van der Waals surface area contributed by atoms with E-state index < -0.39 is 5.97 Å². The van der Waals surface area contributed by atoms with Crippen LogP contribution in [0.3, 0.4) is 0 Å². The minimum absolute atomic E-state index is 0.219. The lowest BCUT2D eigenvalue weighted by molar-refractivity contribution is 0.0692. The summed E-state index contributed by atoms with van der Waals surface area (Å²) in [5.41, 5.74) is 0.219. The summed E-state index contributed by atoms with van der Waals surface area (Å²) >= 11 is 3.33. The molecule has 1 aromatic carbocycles. The maximum Gasteiger partial charge on any atom is 0.339 e. The van der Waals surface area contributed by atoms with Crippen LogP contribution in [0.1, 0.15) is 62.2 Å². The molecular weight excluding hydrogens is 320 g/mol. The second-order valence-corrected chi connectivity index (χ2v) is 5.83. The second-order valence-electron chi connectivity index (χ2n) is 4.92. The van der Waals surface area contributed by atoms with Crippen molar-refractivity contribution < 1.29 is 14.6 Å². The SMILES string of the molecule is CCCCCCCCCOc1cc(Br)ccc1C(=O)O. The Balaban J connectivity index is 2.28. The van der Waals surface area contributed by atoms with Crippen LogP contribution in [0, 0.1) is 0 Å². The summed E-state index contributed by atoms with van der Waals surface area (Å²) in [4.78, 5) is 11.1. The zero-order valence-electron chi connectivity index (χ0n) is 12.0. The maximum absolute atomic E-state index is 11.1. The van der Waals surface area contributed by atoms with Crippen LogP contribution >= 0.6 is 15.9 Å². The predicted octanol–water partition coefficient (Wildman–Crippen LogP) is 5.28. The van der Waals surface area contributed by atoms with Gasteiger partial charge < -0.3 is 9.84 Å². The van der Waals surface area contributed by atoms with Crippen molar-refractivity contribution >= 4 is 21.9 Å². The van der Waals surface area contributed by atoms with Crippen LogP contribution in [0.15, 0.2) is 22.7 Å². The fraction of sp³-hybridized carbons (Fsp3) is 0.562. The summed E-state index contributed by atoms with van der Waals surface area (Å²) in [6, 6.07) is 4.99. The number of carbonyl (C=O) groups is 1. The molecule has 1 rings (SSSR count). The van der Waals surface area contributed by atoms with Crippen LogP contribution in [-0.2, 0) is 0 Å². The number of aromatic carboxylic acids is 1. The normalized spacial score (nSPS) is 10.5. The van der Waals surface area contributed by atoms with Gasteiger partial charge in [-0.3, -0.25) is 0 Å². The first kappa shape index (κ1) is 17.0. The molecule has 0 heterocycles. The monoisotopic (exact) mass is 342 g/mol. The van der Waals surface area contributed by atoms with Gasteiger partial charge in [0.2, 0.25) is 0 Å². The fourth-order valence-electron chi connectivity index (χ4n) is 2.03. The molecule has 0 spiro atoms. The van der Waals surface area contributed by atoms with Gasteiger partial charge in [0.05, 0.1) is 6.61 Å². The Kier molecular flexibility index (Phi) is 8.35. The molecule has 1 aromatic rings. The topological polar surface area (TPSA) is 46.5 Å². The maximum atomic E-state index is 11.1. The molecule has 3 nitrogen and oxygen atoms in total. The Morgan fingerprint density at radius 2 is 1.80 bits per heavy atom. The zero-order chi connectivity index (χ0) is 14.8. The molecule has 0 unspecified atom stereocenters. The summed E-state index contributed by atoms with van der Waals surface area (Å²) in [5, 5.41) is 9.08. The lowest BCUT2D eigenvalue weighted by atomic mass is 10.1. The summed E-state index contributed by atoms with van der Waals surface area (Å²) in [6.45, 7) is 2.79. The molecule has 1 N–H and O–H groups in total. The third-order valence-electron chi connectivity index (χ3n) is 3.18. The van der Waals surface area contributed by atoms with E-state index in [4.69, 9.17) is 9.84 Å². The van der Waals surface area contributed by atoms with Gasteiger partial charge in [0.1, 0.15) is 11.3 Å². The Morgan fingerprint density at radius 3 is 2.45 bits per heavy atom. The van der Waals surface area contributed by atoms with Gasteiger partial charge in [-0.15, -0.1) is 0 Å². The highest BCUT2D eigenvalue weighted by molar-refractivity contribution is 9.10. The number of carboxylic acids is 1. The fourth-order valence-corrected chi connectivity index (χ4v) is 2.37. The minimum Gasteiger partial charge on any atom is -0.493 e. The lowest BCUT2D eigenvalue weighted by Gasteiger charge is -2.09. The Morgan fingerprint density at radius 1 is 1.15 bits per heavy atom. The molecule has 0 fully saturated rings. The average molecular weight is 343 g/mol. The van der Waals surface area contributed by atoms with Crippen molar-refractivity contribution in [2.75, 3.05) is 6.61 Å². The standard InChI is InChI=1S/C16H23BrO3/c1-2-3-4-5-6-7-8-11-20-15-12-13(17)9-10-14(15)16(18)19/h9-10,12H,2-8,11H2,1H3,(H,18,19). The number of benzene rings is 1. The first-order valence-corrected chi connectivity index (χ1v) is 8.10. The Labute approximate surface area is 129 Å². The summed E-state index contributed by atoms with van der Waals surface area (Å²) < 4.78 is 6.43. The Hall–Kier alpha value is -1.03. The first-order chi connectivity index (χ1) is 9.65. The number of halogens is 1. The van der Waals surface area contributed by atoms with Crippen LogP contribution in [0.5, 0.6) is 5.75 Å². The third kappa shape index (κ3) is 6.42. The number of ether oxygens (including phenoxy) is 1. The summed E-state index contributed by atoms with van der Waals surface area (Å²) in [6.07, 6.45) is 8.52. The lowest BCUT2D eigenvalue weighted by Crippen LogP contribution is -2.04. The molecule has 0 saturated carbocycles. The van der Waals surface area contributed by atoms with Gasteiger partial charge in [-0.25, -0.2) is 4.79 Å². The number of carboxylic acid groups (broad SMARTS) is 1. The molecule has 0 saturated heterocycles. The molecule has 112 valence electrons. The van der Waals surface area contributed by atoms with E-state index in [1.165, 1.54) is 32.1 Å². The molecular formula is C16H23BrO3. The molecule has 0 aliphatic rings. The number of unbranched alkanes of at least 4 members (excludes halogenated alkanes) is 6. The van der Waals surface area contributed by atoms with Crippen LogP contribution < -0.4 is 4.74 Å². The van der Waals surface area contributed by atoms with Gasteiger partial charge in [0.25, 0.3) is 0 Å². The highest BCUT2D eigenvalue weighted by Gasteiger charge is 2.11. The largest absolute Gasteiger partial charge is 0.493 e. The van der Waals surface area contributed by atoms with E-state index in [0.717, 1.165) is 17.3 Å². The van der Waals surface area contributed by atoms with E-state index in [1.807, 2.05) is 0 Å². The van der Waals surface area contributed by atoms with Crippen LogP contribution in [0.2, 0.25) is 0 Å². The van der Waals surface area contributed by atoms with Crippen molar-refractivity contribution in [1.29, 1.82) is 0 Å². The highest BCUT2D eigenvalue weighted by Crippen LogP contribution is 2.24. The molecule has 0 aliphatic carbocycles.